The molecule has 2 heterocycles. The molecule has 0 amide bonds. The maximum absolute atomic E-state index is 12.4. The second kappa shape index (κ2) is 5.96. The Balaban J connectivity index is 1.96. The largest absolute Gasteiger partial charge is 0.477 e. The molecular formula is C11H14F3N3O2S. The standard InChI is InChI=1S/C11H14F3N3O2S/c12-11(13,14)7-16-2-1-3-17(5-4-16)10-15-6-8(20-10)9(18)19/h6H,1-5,7H2,(H,18,19). The summed E-state index contributed by atoms with van der Waals surface area (Å²) in [6.45, 7) is 0.775. The van der Waals surface area contributed by atoms with Gasteiger partial charge >= 0.3 is 12.1 Å². The van der Waals surface area contributed by atoms with Crippen molar-refractivity contribution < 1.29 is 23.1 Å². The number of aromatic nitrogens is 1. The summed E-state index contributed by atoms with van der Waals surface area (Å²) >= 11 is 1.05. The maximum atomic E-state index is 12.4. The average Bonchev–Trinajstić information content (AvgIpc) is 2.71. The molecule has 2 rings (SSSR count). The van der Waals surface area contributed by atoms with Crippen LogP contribution in [0.25, 0.3) is 0 Å². The molecule has 0 spiro atoms. The minimum absolute atomic E-state index is 0.136. The molecule has 5 nitrogen and oxygen atoms in total. The second-order valence-electron chi connectivity index (χ2n) is 4.54. The van der Waals surface area contributed by atoms with Crippen LogP contribution in [0.5, 0.6) is 0 Å². The molecule has 112 valence electrons. The van der Waals surface area contributed by atoms with Gasteiger partial charge in [0.1, 0.15) is 4.88 Å². The summed E-state index contributed by atoms with van der Waals surface area (Å²) in [4.78, 5) is 18.2. The Morgan fingerprint density at radius 3 is 2.70 bits per heavy atom. The van der Waals surface area contributed by atoms with E-state index in [9.17, 15) is 18.0 Å². The van der Waals surface area contributed by atoms with E-state index in [1.54, 1.807) is 0 Å². The smallest absolute Gasteiger partial charge is 0.401 e. The topological polar surface area (TPSA) is 56.7 Å². The average molecular weight is 309 g/mol. The third-order valence-corrected chi connectivity index (χ3v) is 4.01. The highest BCUT2D eigenvalue weighted by Crippen LogP contribution is 2.24. The molecule has 0 radical (unpaired) electrons. The van der Waals surface area contributed by atoms with Crippen molar-refractivity contribution in [3.05, 3.63) is 11.1 Å². The van der Waals surface area contributed by atoms with Crippen molar-refractivity contribution in [2.24, 2.45) is 0 Å². The molecule has 1 aromatic rings. The van der Waals surface area contributed by atoms with Crippen LogP contribution in [0.3, 0.4) is 0 Å². The van der Waals surface area contributed by atoms with Gasteiger partial charge in [-0.1, -0.05) is 11.3 Å². The van der Waals surface area contributed by atoms with Gasteiger partial charge in [-0.25, -0.2) is 9.78 Å². The number of carbonyl (C=O) groups is 1. The molecule has 1 aromatic heterocycles. The SMILES string of the molecule is O=C(O)c1cnc(N2CCCN(CC(F)(F)F)CC2)s1. The number of hydrogen-bond donors (Lipinski definition) is 1. The van der Waals surface area contributed by atoms with Crippen molar-refractivity contribution in [1.29, 1.82) is 0 Å². The first-order chi connectivity index (χ1) is 9.35. The summed E-state index contributed by atoms with van der Waals surface area (Å²) in [7, 11) is 0. The summed E-state index contributed by atoms with van der Waals surface area (Å²) in [6, 6.07) is 0. The van der Waals surface area contributed by atoms with Crippen molar-refractivity contribution >= 4 is 22.4 Å². The van der Waals surface area contributed by atoms with Gasteiger partial charge in [0.05, 0.1) is 12.7 Å². The molecule has 20 heavy (non-hydrogen) atoms. The molecule has 1 N–H and O–H groups in total. The van der Waals surface area contributed by atoms with E-state index in [1.807, 2.05) is 4.90 Å². The lowest BCUT2D eigenvalue weighted by atomic mass is 10.4. The van der Waals surface area contributed by atoms with Gasteiger partial charge in [-0.3, -0.25) is 4.90 Å². The molecule has 1 aliphatic heterocycles. The number of alkyl halides is 3. The van der Waals surface area contributed by atoms with Crippen molar-refractivity contribution in [2.45, 2.75) is 12.6 Å². The van der Waals surface area contributed by atoms with Crippen LogP contribution >= 0.6 is 11.3 Å². The number of anilines is 1. The molecule has 0 aromatic carbocycles. The molecule has 0 aliphatic carbocycles. The van der Waals surface area contributed by atoms with E-state index in [1.165, 1.54) is 11.1 Å². The lowest BCUT2D eigenvalue weighted by Gasteiger charge is -2.22. The first kappa shape index (κ1) is 15.0. The van der Waals surface area contributed by atoms with Crippen LogP contribution in [0.4, 0.5) is 18.3 Å². The highest BCUT2D eigenvalue weighted by atomic mass is 32.1. The highest BCUT2D eigenvalue weighted by molar-refractivity contribution is 7.17. The van der Waals surface area contributed by atoms with Gasteiger partial charge in [0.25, 0.3) is 0 Å². The molecular weight excluding hydrogens is 295 g/mol. The van der Waals surface area contributed by atoms with Crippen LogP contribution in [0.15, 0.2) is 6.20 Å². The van der Waals surface area contributed by atoms with E-state index in [-0.39, 0.29) is 4.88 Å². The fourth-order valence-corrected chi connectivity index (χ4v) is 2.89. The van der Waals surface area contributed by atoms with Gasteiger partial charge in [-0.15, -0.1) is 0 Å². The summed E-state index contributed by atoms with van der Waals surface area (Å²) < 4.78 is 37.1. The Bertz CT molecular complexity index is 478. The molecule has 1 aliphatic rings. The number of nitrogens with zero attached hydrogens (tertiary/aromatic N) is 3. The monoisotopic (exact) mass is 309 g/mol. The van der Waals surface area contributed by atoms with E-state index >= 15 is 0 Å². The number of aromatic carboxylic acids is 1. The Morgan fingerprint density at radius 1 is 1.35 bits per heavy atom. The number of carboxylic acids is 1. The van der Waals surface area contributed by atoms with E-state index in [0.717, 1.165) is 11.3 Å². The molecule has 9 heteroatoms. The van der Waals surface area contributed by atoms with Gasteiger partial charge in [-0.2, -0.15) is 13.2 Å². The van der Waals surface area contributed by atoms with Gasteiger partial charge in [0.15, 0.2) is 5.13 Å². The number of halogens is 3. The third-order valence-electron chi connectivity index (χ3n) is 2.97. The second-order valence-corrected chi connectivity index (χ2v) is 5.55. The number of rotatable bonds is 3. The van der Waals surface area contributed by atoms with Gasteiger partial charge in [0, 0.05) is 26.2 Å². The van der Waals surface area contributed by atoms with E-state index in [4.69, 9.17) is 5.11 Å². The van der Waals surface area contributed by atoms with Crippen molar-refractivity contribution in [2.75, 3.05) is 37.6 Å². The molecule has 0 atom stereocenters. The molecule has 1 saturated heterocycles. The Kier molecular flexibility index (Phi) is 4.48. The van der Waals surface area contributed by atoms with E-state index in [2.05, 4.69) is 4.98 Å². The molecule has 0 saturated carbocycles. The zero-order valence-electron chi connectivity index (χ0n) is 10.6. The van der Waals surface area contributed by atoms with Crippen LogP contribution in [-0.4, -0.2) is 59.9 Å². The first-order valence-corrected chi connectivity index (χ1v) is 6.90. The van der Waals surface area contributed by atoms with Crippen LogP contribution in [0.2, 0.25) is 0 Å². The summed E-state index contributed by atoms with van der Waals surface area (Å²) in [5.74, 6) is -1.04. The van der Waals surface area contributed by atoms with E-state index in [0.29, 0.717) is 37.7 Å². The van der Waals surface area contributed by atoms with Crippen molar-refractivity contribution in [3.8, 4) is 0 Å². The lowest BCUT2D eigenvalue weighted by molar-refractivity contribution is -0.145. The van der Waals surface area contributed by atoms with Crippen LogP contribution in [-0.2, 0) is 0 Å². The third kappa shape index (κ3) is 4.07. The summed E-state index contributed by atoms with van der Waals surface area (Å²) in [6.07, 6.45) is -2.31. The lowest BCUT2D eigenvalue weighted by Crippen LogP contribution is -2.37. The molecule has 0 unspecified atom stereocenters. The van der Waals surface area contributed by atoms with Crippen LogP contribution in [0, 0.1) is 0 Å². The highest BCUT2D eigenvalue weighted by Gasteiger charge is 2.31. The zero-order chi connectivity index (χ0) is 14.8. The first-order valence-electron chi connectivity index (χ1n) is 6.08. The minimum atomic E-state index is -4.19. The quantitative estimate of drug-likeness (QED) is 0.924. The van der Waals surface area contributed by atoms with Gasteiger partial charge in [0.2, 0.25) is 0 Å². The minimum Gasteiger partial charge on any atom is -0.477 e. The summed E-state index contributed by atoms with van der Waals surface area (Å²) in [5.41, 5.74) is 0. The predicted molar refractivity (Wildman–Crippen MR) is 68.4 cm³/mol. The Morgan fingerprint density at radius 2 is 2.10 bits per heavy atom. The van der Waals surface area contributed by atoms with Gasteiger partial charge in [-0.05, 0) is 6.42 Å². The predicted octanol–water partition coefficient (Wildman–Crippen LogP) is 1.92. The van der Waals surface area contributed by atoms with E-state index < -0.39 is 18.7 Å². The fraction of sp³-hybridized carbons (Fsp3) is 0.636. The Hall–Kier alpha value is -1.35. The molecule has 0 bridgehead atoms. The van der Waals surface area contributed by atoms with Crippen molar-refractivity contribution in [1.82, 2.24) is 9.88 Å². The number of thiazole rings is 1. The fourth-order valence-electron chi connectivity index (χ4n) is 2.08. The summed E-state index contributed by atoms with van der Waals surface area (Å²) in [5, 5.41) is 9.39. The maximum Gasteiger partial charge on any atom is 0.401 e. The van der Waals surface area contributed by atoms with Crippen LogP contribution < -0.4 is 4.90 Å². The molecule has 1 fully saturated rings. The zero-order valence-corrected chi connectivity index (χ0v) is 11.4. The number of carboxylic acid groups (broad SMARTS) is 1. The van der Waals surface area contributed by atoms with Crippen molar-refractivity contribution in [3.63, 3.8) is 0 Å². The Labute approximate surface area is 117 Å². The number of hydrogen-bond acceptors (Lipinski definition) is 5. The van der Waals surface area contributed by atoms with Crippen LogP contribution in [0.1, 0.15) is 16.1 Å². The van der Waals surface area contributed by atoms with Gasteiger partial charge < -0.3 is 10.0 Å². The normalized spacial score (nSPS) is 18.1.